The van der Waals surface area contributed by atoms with Crippen molar-refractivity contribution < 1.29 is 9.63 Å². The maximum absolute atomic E-state index is 9.67. The molecule has 3 N–H and O–H groups in total. The van der Waals surface area contributed by atoms with Crippen molar-refractivity contribution in [3.63, 3.8) is 0 Å². The van der Waals surface area contributed by atoms with Gasteiger partial charge >= 0.3 is 0 Å². The SMILES string of the molecule is Cc1ccc(SCc2noc(C(O)CCN)n2)cc1. The van der Waals surface area contributed by atoms with Crippen molar-refractivity contribution in [3.8, 4) is 0 Å². The summed E-state index contributed by atoms with van der Waals surface area (Å²) in [4.78, 5) is 5.31. The van der Waals surface area contributed by atoms with Crippen molar-refractivity contribution in [2.45, 2.75) is 30.1 Å². The number of aryl methyl sites for hydroxylation is 1. The first kappa shape index (κ1) is 14.0. The summed E-state index contributed by atoms with van der Waals surface area (Å²) in [5.41, 5.74) is 6.60. The van der Waals surface area contributed by atoms with Crippen LogP contribution >= 0.6 is 11.8 Å². The van der Waals surface area contributed by atoms with E-state index in [-0.39, 0.29) is 5.89 Å². The molecule has 0 saturated heterocycles. The Kier molecular flexibility index (Phi) is 4.95. The summed E-state index contributed by atoms with van der Waals surface area (Å²) < 4.78 is 5.01. The van der Waals surface area contributed by atoms with Gasteiger partial charge in [-0.05, 0) is 32.0 Å². The van der Waals surface area contributed by atoms with Gasteiger partial charge in [0.15, 0.2) is 5.82 Å². The number of nitrogens with two attached hydrogens (primary N) is 1. The van der Waals surface area contributed by atoms with Gasteiger partial charge in [0.25, 0.3) is 5.89 Å². The number of hydrogen-bond acceptors (Lipinski definition) is 6. The summed E-state index contributed by atoms with van der Waals surface area (Å²) in [5.74, 6) is 1.43. The topological polar surface area (TPSA) is 85.2 Å². The average molecular weight is 279 g/mol. The molecular formula is C13H17N3O2S. The van der Waals surface area contributed by atoms with Gasteiger partial charge in [0.2, 0.25) is 0 Å². The molecule has 1 atom stereocenters. The van der Waals surface area contributed by atoms with Crippen molar-refractivity contribution >= 4 is 11.8 Å². The van der Waals surface area contributed by atoms with Gasteiger partial charge in [-0.1, -0.05) is 22.9 Å². The Morgan fingerprint density at radius 2 is 2.11 bits per heavy atom. The second kappa shape index (κ2) is 6.70. The highest BCUT2D eigenvalue weighted by Gasteiger charge is 2.15. The molecule has 6 heteroatoms. The Balaban J connectivity index is 1.91. The monoisotopic (exact) mass is 279 g/mol. The third-order valence-corrected chi connectivity index (χ3v) is 3.61. The van der Waals surface area contributed by atoms with Gasteiger partial charge in [0, 0.05) is 4.90 Å². The number of nitrogens with zero attached hydrogens (tertiary/aromatic N) is 2. The lowest BCUT2D eigenvalue weighted by molar-refractivity contribution is 0.127. The Labute approximate surface area is 116 Å². The van der Waals surface area contributed by atoms with E-state index in [1.165, 1.54) is 5.56 Å². The molecule has 1 unspecified atom stereocenters. The Bertz CT molecular complexity index is 513. The fraction of sp³-hybridized carbons (Fsp3) is 0.385. The lowest BCUT2D eigenvalue weighted by Gasteiger charge is -2.01. The van der Waals surface area contributed by atoms with E-state index in [0.717, 1.165) is 4.90 Å². The first-order chi connectivity index (χ1) is 9.19. The molecule has 1 aromatic carbocycles. The number of aliphatic hydroxyl groups excluding tert-OH is 1. The predicted octanol–water partition coefficient (Wildman–Crippen LogP) is 2.05. The van der Waals surface area contributed by atoms with E-state index >= 15 is 0 Å². The quantitative estimate of drug-likeness (QED) is 0.787. The largest absolute Gasteiger partial charge is 0.383 e. The zero-order chi connectivity index (χ0) is 13.7. The molecule has 0 radical (unpaired) electrons. The molecule has 1 heterocycles. The Morgan fingerprint density at radius 3 is 2.79 bits per heavy atom. The molecule has 0 spiro atoms. The molecule has 19 heavy (non-hydrogen) atoms. The Morgan fingerprint density at radius 1 is 1.37 bits per heavy atom. The molecule has 0 fully saturated rings. The van der Waals surface area contributed by atoms with Gasteiger partial charge in [-0.15, -0.1) is 11.8 Å². The third kappa shape index (κ3) is 4.05. The van der Waals surface area contributed by atoms with Crippen LogP contribution in [0.5, 0.6) is 0 Å². The van der Waals surface area contributed by atoms with E-state index in [1.54, 1.807) is 11.8 Å². The minimum absolute atomic E-state index is 0.241. The predicted molar refractivity (Wildman–Crippen MR) is 73.7 cm³/mol. The summed E-state index contributed by atoms with van der Waals surface area (Å²) in [5, 5.41) is 13.5. The number of rotatable bonds is 6. The van der Waals surface area contributed by atoms with Crippen molar-refractivity contribution in [2.24, 2.45) is 5.73 Å². The number of thioether (sulfide) groups is 1. The van der Waals surface area contributed by atoms with Crippen LogP contribution in [-0.2, 0) is 5.75 Å². The Hall–Kier alpha value is -1.37. The second-order valence-electron chi connectivity index (χ2n) is 4.24. The molecular weight excluding hydrogens is 262 g/mol. The van der Waals surface area contributed by atoms with Crippen LogP contribution < -0.4 is 5.73 Å². The fourth-order valence-corrected chi connectivity index (χ4v) is 2.27. The lowest BCUT2D eigenvalue weighted by Crippen LogP contribution is -2.06. The highest BCUT2D eigenvalue weighted by Crippen LogP contribution is 2.22. The van der Waals surface area contributed by atoms with Crippen LogP contribution in [0.15, 0.2) is 33.7 Å². The van der Waals surface area contributed by atoms with Crippen LogP contribution in [0.1, 0.15) is 29.8 Å². The number of hydrogen-bond donors (Lipinski definition) is 2. The fourth-order valence-electron chi connectivity index (χ4n) is 1.53. The van der Waals surface area contributed by atoms with Gasteiger partial charge in [-0.2, -0.15) is 4.98 Å². The molecule has 5 nitrogen and oxygen atoms in total. The molecule has 0 saturated carbocycles. The highest BCUT2D eigenvalue weighted by atomic mass is 32.2. The van der Waals surface area contributed by atoms with Gasteiger partial charge in [-0.25, -0.2) is 0 Å². The first-order valence-corrected chi connectivity index (χ1v) is 7.07. The van der Waals surface area contributed by atoms with Crippen LogP contribution in [0.2, 0.25) is 0 Å². The molecule has 0 aliphatic carbocycles. The van der Waals surface area contributed by atoms with Crippen LogP contribution in [0, 0.1) is 6.92 Å². The van der Waals surface area contributed by atoms with Crippen LogP contribution in [0.3, 0.4) is 0 Å². The molecule has 102 valence electrons. The van der Waals surface area contributed by atoms with Crippen LogP contribution in [0.25, 0.3) is 0 Å². The van der Waals surface area contributed by atoms with Gasteiger partial charge in [-0.3, -0.25) is 0 Å². The van der Waals surface area contributed by atoms with Crippen molar-refractivity contribution in [1.82, 2.24) is 10.1 Å². The van der Waals surface area contributed by atoms with E-state index < -0.39 is 6.10 Å². The third-order valence-electron chi connectivity index (χ3n) is 2.60. The smallest absolute Gasteiger partial charge is 0.255 e. The van der Waals surface area contributed by atoms with E-state index in [9.17, 15) is 5.11 Å². The molecule has 0 aliphatic heterocycles. The summed E-state index contributed by atoms with van der Waals surface area (Å²) in [6.45, 7) is 2.44. The summed E-state index contributed by atoms with van der Waals surface area (Å²) >= 11 is 1.63. The van der Waals surface area contributed by atoms with Gasteiger partial charge in [0.05, 0.1) is 5.75 Å². The van der Waals surface area contributed by atoms with E-state index in [2.05, 4.69) is 41.3 Å². The minimum atomic E-state index is -0.768. The summed E-state index contributed by atoms with van der Waals surface area (Å²) in [6.07, 6.45) is -0.345. The van der Waals surface area contributed by atoms with E-state index in [4.69, 9.17) is 10.3 Å². The van der Waals surface area contributed by atoms with Crippen molar-refractivity contribution in [1.29, 1.82) is 0 Å². The highest BCUT2D eigenvalue weighted by molar-refractivity contribution is 7.98. The summed E-state index contributed by atoms with van der Waals surface area (Å²) in [6, 6.07) is 8.25. The maximum atomic E-state index is 9.67. The van der Waals surface area contributed by atoms with Crippen LogP contribution in [0.4, 0.5) is 0 Å². The molecule has 2 aromatic rings. The van der Waals surface area contributed by atoms with Gasteiger partial charge < -0.3 is 15.4 Å². The standard InChI is InChI=1S/C13H17N3O2S/c1-9-2-4-10(5-3-9)19-8-12-15-13(18-16-12)11(17)6-7-14/h2-5,11,17H,6-8,14H2,1H3. The summed E-state index contributed by atoms with van der Waals surface area (Å²) in [7, 11) is 0. The molecule has 0 bridgehead atoms. The van der Waals surface area contributed by atoms with Crippen molar-refractivity contribution in [3.05, 3.63) is 41.5 Å². The number of aliphatic hydroxyl groups is 1. The number of benzene rings is 1. The van der Waals surface area contributed by atoms with Gasteiger partial charge in [0.1, 0.15) is 6.10 Å². The second-order valence-corrected chi connectivity index (χ2v) is 5.29. The molecule has 2 rings (SSSR count). The lowest BCUT2D eigenvalue weighted by atomic mass is 10.2. The number of aromatic nitrogens is 2. The first-order valence-electron chi connectivity index (χ1n) is 6.09. The van der Waals surface area contributed by atoms with Crippen molar-refractivity contribution in [2.75, 3.05) is 6.54 Å². The molecule has 0 amide bonds. The average Bonchev–Trinajstić information content (AvgIpc) is 2.87. The van der Waals surface area contributed by atoms with E-state index in [1.807, 2.05) is 0 Å². The molecule has 0 aliphatic rings. The minimum Gasteiger partial charge on any atom is -0.383 e. The maximum Gasteiger partial charge on any atom is 0.255 e. The zero-order valence-corrected chi connectivity index (χ0v) is 11.6. The van der Waals surface area contributed by atoms with Crippen LogP contribution in [-0.4, -0.2) is 21.8 Å². The molecule has 1 aromatic heterocycles. The van der Waals surface area contributed by atoms with E-state index in [0.29, 0.717) is 24.5 Å². The normalized spacial score (nSPS) is 12.6. The zero-order valence-electron chi connectivity index (χ0n) is 10.7.